The van der Waals surface area contributed by atoms with Gasteiger partial charge >= 0.3 is 5.69 Å². The molecule has 0 spiro atoms. The Morgan fingerprint density at radius 2 is 1.70 bits per heavy atom. The van der Waals surface area contributed by atoms with Crippen molar-refractivity contribution < 1.29 is 0 Å². The molecule has 6 heteroatoms. The van der Waals surface area contributed by atoms with Crippen LogP contribution in [0.5, 0.6) is 0 Å². The number of hydrogen-bond donors (Lipinski definition) is 1. The number of H-pyrrole nitrogens is 1. The zero-order valence-electron chi connectivity index (χ0n) is 14.4. The summed E-state index contributed by atoms with van der Waals surface area (Å²) in [5.74, 6) is 0.293. The molecule has 0 fully saturated rings. The molecule has 3 heterocycles. The van der Waals surface area contributed by atoms with Crippen LogP contribution in [-0.2, 0) is 0 Å². The minimum Gasteiger partial charge on any atom is -0.278 e. The number of nitrogens with one attached hydrogen (secondary N) is 1. The van der Waals surface area contributed by atoms with Gasteiger partial charge in [-0.3, -0.25) is 14.3 Å². The molecule has 0 aliphatic carbocycles. The maximum absolute atomic E-state index is 12.4. The summed E-state index contributed by atoms with van der Waals surface area (Å²) in [6.07, 6.45) is 0. The van der Waals surface area contributed by atoms with Crippen molar-refractivity contribution in [3.8, 4) is 17.1 Å². The summed E-state index contributed by atoms with van der Waals surface area (Å²) in [6, 6.07) is 19.3. The topological polar surface area (TPSA) is 80.6 Å². The Hall–Kier alpha value is -3.80. The van der Waals surface area contributed by atoms with E-state index >= 15 is 0 Å². The lowest BCUT2D eigenvalue weighted by Crippen LogP contribution is -2.27. The van der Waals surface area contributed by atoms with Crippen LogP contribution >= 0.6 is 0 Å². The van der Waals surface area contributed by atoms with Gasteiger partial charge in [0.2, 0.25) is 0 Å². The Balaban J connectivity index is 2.04. The summed E-state index contributed by atoms with van der Waals surface area (Å²) in [5, 5.41) is 1.79. The van der Waals surface area contributed by atoms with E-state index < -0.39 is 11.2 Å². The van der Waals surface area contributed by atoms with Gasteiger partial charge in [0.1, 0.15) is 5.65 Å². The first kappa shape index (κ1) is 15.5. The van der Waals surface area contributed by atoms with Gasteiger partial charge in [0.25, 0.3) is 5.56 Å². The summed E-state index contributed by atoms with van der Waals surface area (Å²) in [5.41, 5.74) is 2.61. The number of aromatic nitrogens is 4. The van der Waals surface area contributed by atoms with Crippen LogP contribution in [0.25, 0.3) is 39.0 Å². The lowest BCUT2D eigenvalue weighted by atomic mass is 10.1. The molecule has 0 unspecified atom stereocenters. The molecule has 3 aromatic rings. The second-order valence-corrected chi connectivity index (χ2v) is 6.52. The Labute approximate surface area is 153 Å². The third-order valence-corrected chi connectivity index (χ3v) is 4.63. The highest BCUT2D eigenvalue weighted by molar-refractivity contribution is 5.94. The van der Waals surface area contributed by atoms with Crippen LogP contribution in [0.4, 0.5) is 0 Å². The van der Waals surface area contributed by atoms with E-state index in [4.69, 9.17) is 4.98 Å². The molecule has 2 aliphatic heterocycles. The molecule has 6 nitrogen and oxygen atoms in total. The maximum atomic E-state index is 12.4. The van der Waals surface area contributed by atoms with E-state index in [9.17, 15) is 9.59 Å². The van der Waals surface area contributed by atoms with Crippen LogP contribution in [0.1, 0.15) is 5.56 Å². The van der Waals surface area contributed by atoms with Crippen LogP contribution in [0.3, 0.4) is 0 Å². The van der Waals surface area contributed by atoms with E-state index in [2.05, 4.69) is 16.0 Å². The summed E-state index contributed by atoms with van der Waals surface area (Å²) in [4.78, 5) is 35.4. The third-order valence-electron chi connectivity index (χ3n) is 4.63. The molecule has 27 heavy (non-hydrogen) atoms. The molecule has 0 atom stereocenters. The van der Waals surface area contributed by atoms with E-state index in [0.717, 1.165) is 27.5 Å². The van der Waals surface area contributed by atoms with E-state index in [1.807, 2.05) is 55.5 Å². The average Bonchev–Trinajstić information content (AvgIpc) is 2.66. The van der Waals surface area contributed by atoms with Crippen molar-refractivity contribution in [1.82, 2.24) is 19.5 Å². The highest BCUT2D eigenvalue weighted by Crippen LogP contribution is 2.29. The molecule has 2 aliphatic rings. The molecule has 0 radical (unpaired) electrons. The first-order valence-electron chi connectivity index (χ1n) is 8.53. The van der Waals surface area contributed by atoms with E-state index in [0.29, 0.717) is 17.0 Å². The maximum Gasteiger partial charge on any atom is 0.349 e. The van der Waals surface area contributed by atoms with Crippen LogP contribution < -0.4 is 11.2 Å². The number of benzene rings is 2. The molecule has 1 aromatic heterocycles. The SMILES string of the molecule is Cc1ccc2nc3c(cc4c(=O)[nH]c(=O)nc-4n3-c3ccccc3)cc2c1. The predicted octanol–water partition coefficient (Wildman–Crippen LogP) is 3.04. The van der Waals surface area contributed by atoms with Crippen LogP contribution in [0.2, 0.25) is 0 Å². The monoisotopic (exact) mass is 354 g/mol. The van der Waals surface area contributed by atoms with Crippen LogP contribution in [-0.4, -0.2) is 19.5 Å². The highest BCUT2D eigenvalue weighted by atomic mass is 16.2. The highest BCUT2D eigenvalue weighted by Gasteiger charge is 2.19. The number of para-hydroxylation sites is 1. The van der Waals surface area contributed by atoms with Gasteiger partial charge in [-0.05, 0) is 43.3 Å². The van der Waals surface area contributed by atoms with Crippen molar-refractivity contribution in [2.45, 2.75) is 6.92 Å². The number of nitrogens with zero attached hydrogens (tertiary/aromatic N) is 3. The second-order valence-electron chi connectivity index (χ2n) is 6.52. The minimum atomic E-state index is -0.673. The Bertz CT molecular complexity index is 1420. The van der Waals surface area contributed by atoms with E-state index in [1.165, 1.54) is 0 Å². The Morgan fingerprint density at radius 3 is 2.52 bits per heavy atom. The van der Waals surface area contributed by atoms with Gasteiger partial charge in [-0.15, -0.1) is 0 Å². The second kappa shape index (κ2) is 5.60. The van der Waals surface area contributed by atoms with Gasteiger partial charge in [-0.2, -0.15) is 4.98 Å². The van der Waals surface area contributed by atoms with Gasteiger partial charge < -0.3 is 0 Å². The van der Waals surface area contributed by atoms with E-state index in [1.54, 1.807) is 10.6 Å². The fourth-order valence-electron chi connectivity index (χ4n) is 3.42. The fraction of sp³-hybridized carbons (Fsp3) is 0.0476. The Morgan fingerprint density at radius 1 is 0.889 bits per heavy atom. The molecule has 0 bridgehead atoms. The number of hydrogen-bond acceptors (Lipinski definition) is 4. The van der Waals surface area contributed by atoms with Gasteiger partial charge in [0, 0.05) is 16.5 Å². The van der Waals surface area contributed by atoms with Crippen molar-refractivity contribution in [2.75, 3.05) is 0 Å². The van der Waals surface area contributed by atoms with E-state index in [-0.39, 0.29) is 0 Å². The molecule has 0 saturated heterocycles. The zero-order chi connectivity index (χ0) is 18.5. The molecule has 2 aromatic carbocycles. The van der Waals surface area contributed by atoms with Crippen molar-refractivity contribution >= 4 is 21.9 Å². The average molecular weight is 354 g/mol. The molecule has 5 rings (SSSR count). The lowest BCUT2D eigenvalue weighted by Gasteiger charge is -2.17. The van der Waals surface area contributed by atoms with Gasteiger partial charge in [0.15, 0.2) is 5.82 Å². The van der Waals surface area contributed by atoms with Crippen molar-refractivity contribution in [3.63, 3.8) is 0 Å². The molecule has 0 saturated carbocycles. The summed E-state index contributed by atoms with van der Waals surface area (Å²) < 4.78 is 1.76. The quantitative estimate of drug-likeness (QED) is 0.469. The normalized spacial score (nSPS) is 11.4. The largest absolute Gasteiger partial charge is 0.349 e. The zero-order valence-corrected chi connectivity index (χ0v) is 14.4. The van der Waals surface area contributed by atoms with Gasteiger partial charge in [-0.25, -0.2) is 9.78 Å². The van der Waals surface area contributed by atoms with Crippen LogP contribution in [0.15, 0.2) is 70.3 Å². The first-order chi connectivity index (χ1) is 13.1. The van der Waals surface area contributed by atoms with Crippen molar-refractivity contribution in [1.29, 1.82) is 0 Å². The summed E-state index contributed by atoms with van der Waals surface area (Å²) >= 11 is 0. The smallest absolute Gasteiger partial charge is 0.278 e. The minimum absolute atomic E-state index is 0.293. The fourth-order valence-corrected chi connectivity index (χ4v) is 3.42. The third kappa shape index (κ3) is 2.42. The summed E-state index contributed by atoms with van der Waals surface area (Å²) in [7, 11) is 0. The van der Waals surface area contributed by atoms with Crippen LogP contribution in [0, 0.1) is 6.92 Å². The van der Waals surface area contributed by atoms with Gasteiger partial charge in [0.05, 0.1) is 11.1 Å². The predicted molar refractivity (Wildman–Crippen MR) is 105 cm³/mol. The number of rotatable bonds is 1. The number of fused-ring (bicyclic) bond motifs is 3. The number of aromatic amines is 1. The van der Waals surface area contributed by atoms with Crippen molar-refractivity contribution in [3.05, 3.63) is 87.1 Å². The summed E-state index contributed by atoms with van der Waals surface area (Å²) in [6.45, 7) is 2.03. The molecular formula is C21H14N4O2. The first-order valence-corrected chi connectivity index (χ1v) is 8.53. The lowest BCUT2D eigenvalue weighted by molar-refractivity contribution is 0.952. The number of pyridine rings is 2. The standard InChI is InChI=1S/C21H14N4O2/c1-12-7-8-17-13(9-12)10-14-11-16-19(23-21(27)24-20(16)26)25(18(14)22-17)15-5-3-2-4-6-15/h2-11H,1H3,(H,24,26,27). The molecule has 1 N–H and O–H groups in total. The molecule has 0 amide bonds. The van der Waals surface area contributed by atoms with Gasteiger partial charge in [-0.1, -0.05) is 29.8 Å². The Kier molecular flexibility index (Phi) is 3.21. The number of aryl methyl sites for hydroxylation is 1. The molecular weight excluding hydrogens is 340 g/mol. The van der Waals surface area contributed by atoms with Crippen molar-refractivity contribution in [2.24, 2.45) is 0 Å². The molecule has 130 valence electrons.